The minimum atomic E-state index is 0.611. The third-order valence-corrected chi connectivity index (χ3v) is 3.81. The van der Waals surface area contributed by atoms with Crippen LogP contribution in [0.4, 0.5) is 5.69 Å². The number of thiophene rings is 1. The van der Waals surface area contributed by atoms with Crippen molar-refractivity contribution in [1.82, 2.24) is 0 Å². The van der Waals surface area contributed by atoms with Gasteiger partial charge in [0.2, 0.25) is 0 Å². The Hall–Kier alpha value is -1.72. The second kappa shape index (κ2) is 9.33. The van der Waals surface area contributed by atoms with Crippen LogP contribution in [0.1, 0.15) is 25.3 Å². The van der Waals surface area contributed by atoms with Gasteiger partial charge in [-0.25, -0.2) is 0 Å². The van der Waals surface area contributed by atoms with E-state index in [2.05, 4.69) is 16.8 Å². The third kappa shape index (κ3) is 5.58. The van der Waals surface area contributed by atoms with Crippen LogP contribution >= 0.6 is 11.3 Å². The lowest BCUT2D eigenvalue weighted by Gasteiger charge is -2.10. The summed E-state index contributed by atoms with van der Waals surface area (Å²) in [6.45, 7) is 4.65. The maximum atomic E-state index is 5.94. The van der Waals surface area contributed by atoms with Gasteiger partial charge >= 0.3 is 0 Å². The van der Waals surface area contributed by atoms with E-state index >= 15 is 0 Å². The number of ether oxygens (including phenoxy) is 3. The van der Waals surface area contributed by atoms with Crippen molar-refractivity contribution in [3.05, 3.63) is 40.6 Å². The summed E-state index contributed by atoms with van der Waals surface area (Å²) in [6, 6.07) is 7.61. The maximum Gasteiger partial charge on any atom is 0.142 e. The predicted octanol–water partition coefficient (Wildman–Crippen LogP) is 4.10. The monoisotopic (exact) mass is 321 g/mol. The highest BCUT2D eigenvalue weighted by Crippen LogP contribution is 2.26. The summed E-state index contributed by atoms with van der Waals surface area (Å²) in [5.41, 5.74) is 7.79. The Labute approximate surface area is 135 Å². The van der Waals surface area contributed by atoms with E-state index in [1.165, 1.54) is 5.56 Å². The zero-order valence-corrected chi connectivity index (χ0v) is 13.7. The molecular formula is C17H23NO3S. The van der Waals surface area contributed by atoms with Gasteiger partial charge in [-0.2, -0.15) is 11.3 Å². The standard InChI is InChI=1S/C17H23NO3S/c1-2-20-15-5-6-17(16(18)11-15)21-9-4-3-8-19-12-14-7-10-22-13-14/h5-7,10-11,13H,2-4,8-9,12,18H2,1H3. The number of unbranched alkanes of at least 4 members (excludes halogenated alkanes) is 1. The largest absolute Gasteiger partial charge is 0.494 e. The molecule has 0 saturated heterocycles. The molecule has 0 bridgehead atoms. The van der Waals surface area contributed by atoms with Crippen molar-refractivity contribution >= 4 is 17.0 Å². The van der Waals surface area contributed by atoms with Crippen LogP contribution in [0.15, 0.2) is 35.0 Å². The van der Waals surface area contributed by atoms with E-state index < -0.39 is 0 Å². The first-order valence-electron chi connectivity index (χ1n) is 7.53. The Balaban J connectivity index is 1.58. The van der Waals surface area contributed by atoms with E-state index in [0.717, 1.165) is 25.2 Å². The molecular weight excluding hydrogens is 298 g/mol. The topological polar surface area (TPSA) is 53.7 Å². The number of hydrogen-bond donors (Lipinski definition) is 1. The summed E-state index contributed by atoms with van der Waals surface area (Å²) < 4.78 is 16.7. The van der Waals surface area contributed by atoms with Gasteiger partial charge in [0.05, 0.1) is 25.5 Å². The molecule has 120 valence electrons. The Morgan fingerprint density at radius 2 is 1.95 bits per heavy atom. The number of nitrogen functional groups attached to an aromatic ring is 1. The van der Waals surface area contributed by atoms with Gasteiger partial charge in [-0.1, -0.05) is 0 Å². The van der Waals surface area contributed by atoms with Crippen LogP contribution in [0.3, 0.4) is 0 Å². The number of anilines is 1. The molecule has 2 rings (SSSR count). The predicted molar refractivity (Wildman–Crippen MR) is 90.7 cm³/mol. The molecule has 0 aliphatic heterocycles. The second-order valence-corrected chi connectivity index (χ2v) is 5.65. The van der Waals surface area contributed by atoms with E-state index in [9.17, 15) is 0 Å². The average Bonchev–Trinajstić information content (AvgIpc) is 3.02. The molecule has 4 nitrogen and oxygen atoms in total. The summed E-state index contributed by atoms with van der Waals surface area (Å²) in [7, 11) is 0. The average molecular weight is 321 g/mol. The van der Waals surface area contributed by atoms with Crippen LogP contribution in [0.5, 0.6) is 11.5 Å². The van der Waals surface area contributed by atoms with Crippen molar-refractivity contribution in [3.63, 3.8) is 0 Å². The first-order chi connectivity index (χ1) is 10.8. The molecule has 22 heavy (non-hydrogen) atoms. The number of rotatable bonds is 10. The first-order valence-corrected chi connectivity index (χ1v) is 8.48. The van der Waals surface area contributed by atoms with Crippen molar-refractivity contribution < 1.29 is 14.2 Å². The van der Waals surface area contributed by atoms with Gasteiger partial charge in [0.1, 0.15) is 11.5 Å². The molecule has 2 aromatic rings. The lowest BCUT2D eigenvalue weighted by Crippen LogP contribution is -2.03. The van der Waals surface area contributed by atoms with Crippen LogP contribution < -0.4 is 15.2 Å². The molecule has 5 heteroatoms. The Morgan fingerprint density at radius 3 is 2.68 bits per heavy atom. The quantitative estimate of drug-likeness (QED) is 0.528. The SMILES string of the molecule is CCOc1ccc(OCCCCOCc2ccsc2)c(N)c1. The van der Waals surface area contributed by atoms with Gasteiger partial charge in [0.15, 0.2) is 0 Å². The van der Waals surface area contributed by atoms with Crippen LogP contribution in [-0.4, -0.2) is 19.8 Å². The van der Waals surface area contributed by atoms with Crippen molar-refractivity contribution in [3.8, 4) is 11.5 Å². The minimum Gasteiger partial charge on any atom is -0.494 e. The zero-order valence-electron chi connectivity index (χ0n) is 12.9. The lowest BCUT2D eigenvalue weighted by atomic mass is 10.3. The molecule has 1 heterocycles. The molecule has 0 fully saturated rings. The number of benzene rings is 1. The molecule has 0 radical (unpaired) electrons. The Bertz CT molecular complexity index is 543. The Kier molecular flexibility index (Phi) is 7.06. The molecule has 0 spiro atoms. The number of nitrogens with two attached hydrogens (primary N) is 1. The minimum absolute atomic E-state index is 0.611. The molecule has 1 aromatic carbocycles. The van der Waals surface area contributed by atoms with Crippen molar-refractivity contribution in [2.75, 3.05) is 25.6 Å². The van der Waals surface area contributed by atoms with E-state index in [1.54, 1.807) is 17.4 Å². The molecule has 0 aliphatic rings. The summed E-state index contributed by atoms with van der Waals surface area (Å²) in [5.74, 6) is 1.48. The third-order valence-electron chi connectivity index (χ3n) is 3.08. The second-order valence-electron chi connectivity index (χ2n) is 4.87. The molecule has 1 aromatic heterocycles. The van der Waals surface area contributed by atoms with Gasteiger partial charge in [-0.05, 0) is 54.3 Å². The zero-order chi connectivity index (χ0) is 15.6. The van der Waals surface area contributed by atoms with E-state index in [0.29, 0.717) is 31.3 Å². The van der Waals surface area contributed by atoms with Gasteiger partial charge < -0.3 is 19.9 Å². The summed E-state index contributed by atoms with van der Waals surface area (Å²) in [5, 5.41) is 4.17. The lowest BCUT2D eigenvalue weighted by molar-refractivity contribution is 0.114. The fourth-order valence-electron chi connectivity index (χ4n) is 1.97. The fourth-order valence-corrected chi connectivity index (χ4v) is 2.62. The molecule has 0 unspecified atom stereocenters. The molecule has 0 saturated carbocycles. The summed E-state index contributed by atoms with van der Waals surface area (Å²) in [4.78, 5) is 0. The molecule has 0 aliphatic carbocycles. The van der Waals surface area contributed by atoms with E-state index in [-0.39, 0.29) is 0 Å². The van der Waals surface area contributed by atoms with E-state index in [4.69, 9.17) is 19.9 Å². The van der Waals surface area contributed by atoms with Crippen molar-refractivity contribution in [1.29, 1.82) is 0 Å². The normalized spacial score (nSPS) is 10.6. The van der Waals surface area contributed by atoms with Crippen LogP contribution in [0.25, 0.3) is 0 Å². The van der Waals surface area contributed by atoms with Crippen molar-refractivity contribution in [2.45, 2.75) is 26.4 Å². The van der Waals surface area contributed by atoms with Gasteiger partial charge in [0, 0.05) is 12.7 Å². The highest BCUT2D eigenvalue weighted by molar-refractivity contribution is 7.07. The van der Waals surface area contributed by atoms with Crippen molar-refractivity contribution in [2.24, 2.45) is 0 Å². The molecule has 0 atom stereocenters. The Morgan fingerprint density at radius 1 is 1.09 bits per heavy atom. The van der Waals surface area contributed by atoms with Crippen LogP contribution in [-0.2, 0) is 11.3 Å². The molecule has 2 N–H and O–H groups in total. The van der Waals surface area contributed by atoms with Crippen LogP contribution in [0.2, 0.25) is 0 Å². The highest BCUT2D eigenvalue weighted by atomic mass is 32.1. The van der Waals surface area contributed by atoms with E-state index in [1.807, 2.05) is 19.1 Å². The summed E-state index contributed by atoms with van der Waals surface area (Å²) >= 11 is 1.69. The fraction of sp³-hybridized carbons (Fsp3) is 0.412. The van der Waals surface area contributed by atoms with Crippen LogP contribution in [0, 0.1) is 0 Å². The summed E-state index contributed by atoms with van der Waals surface area (Å²) in [6.07, 6.45) is 1.91. The van der Waals surface area contributed by atoms with Gasteiger partial charge in [-0.3, -0.25) is 0 Å². The highest BCUT2D eigenvalue weighted by Gasteiger charge is 2.02. The van der Waals surface area contributed by atoms with Gasteiger partial charge in [0.25, 0.3) is 0 Å². The first kappa shape index (κ1) is 16.6. The maximum absolute atomic E-state index is 5.94. The molecule has 0 amide bonds. The number of hydrogen-bond acceptors (Lipinski definition) is 5. The van der Waals surface area contributed by atoms with Gasteiger partial charge in [-0.15, -0.1) is 0 Å². The smallest absolute Gasteiger partial charge is 0.142 e.